The molecule has 0 aromatic heterocycles. The minimum atomic E-state index is -4.20. The van der Waals surface area contributed by atoms with Gasteiger partial charge in [0, 0.05) is 6.42 Å². The molecule has 0 amide bonds. The summed E-state index contributed by atoms with van der Waals surface area (Å²) in [6.45, 7) is 3.97. The summed E-state index contributed by atoms with van der Waals surface area (Å²) < 4.78 is 38.5. The van der Waals surface area contributed by atoms with Crippen LogP contribution in [0.2, 0.25) is 0 Å². The summed E-state index contributed by atoms with van der Waals surface area (Å²) in [5, 5.41) is 10.5. The lowest BCUT2D eigenvalue weighted by molar-refractivity contribution is -0.200. The molecule has 0 bridgehead atoms. The van der Waals surface area contributed by atoms with Gasteiger partial charge in [-0.25, -0.2) is 0 Å². The lowest BCUT2D eigenvalue weighted by Crippen LogP contribution is -2.41. The summed E-state index contributed by atoms with van der Waals surface area (Å²) >= 11 is 0. The molecule has 1 aliphatic carbocycles. The highest BCUT2D eigenvalue weighted by molar-refractivity contribution is 5.30. The Morgan fingerprint density at radius 1 is 1.25 bits per heavy atom. The summed E-state index contributed by atoms with van der Waals surface area (Å²) in [5.41, 5.74) is 1.95. The van der Waals surface area contributed by atoms with Gasteiger partial charge in [0.25, 0.3) is 0 Å². The van der Waals surface area contributed by atoms with E-state index in [9.17, 15) is 18.3 Å². The summed E-state index contributed by atoms with van der Waals surface area (Å²) in [4.78, 5) is 0. The Morgan fingerprint density at radius 2 is 1.95 bits per heavy atom. The molecular weight excluding hydrogens is 265 g/mol. The van der Waals surface area contributed by atoms with Gasteiger partial charge in [-0.3, -0.25) is 0 Å². The second kappa shape index (κ2) is 5.40. The van der Waals surface area contributed by atoms with Crippen molar-refractivity contribution >= 4 is 0 Å². The van der Waals surface area contributed by atoms with Crippen LogP contribution in [0.25, 0.3) is 0 Å². The van der Waals surface area contributed by atoms with Crippen molar-refractivity contribution in [2.24, 2.45) is 5.92 Å². The van der Waals surface area contributed by atoms with Crippen molar-refractivity contribution < 1.29 is 18.3 Å². The molecule has 1 saturated carbocycles. The van der Waals surface area contributed by atoms with E-state index >= 15 is 0 Å². The number of hydrogen-bond acceptors (Lipinski definition) is 1. The van der Waals surface area contributed by atoms with Crippen LogP contribution in [0.3, 0.4) is 0 Å². The quantitative estimate of drug-likeness (QED) is 0.858. The third kappa shape index (κ3) is 3.54. The maximum Gasteiger partial charge on any atom is 0.391 e. The Hall–Kier alpha value is -1.03. The lowest BCUT2D eigenvalue weighted by atomic mass is 9.74. The normalized spacial score (nSPS) is 27.6. The average molecular weight is 286 g/mol. The van der Waals surface area contributed by atoms with Crippen molar-refractivity contribution in [3.8, 4) is 0 Å². The van der Waals surface area contributed by atoms with E-state index in [0.29, 0.717) is 19.3 Å². The number of benzene rings is 1. The minimum absolute atomic E-state index is 0.138. The molecule has 1 nitrogen and oxygen atoms in total. The zero-order valence-corrected chi connectivity index (χ0v) is 11.9. The van der Waals surface area contributed by atoms with Gasteiger partial charge in [-0.1, -0.05) is 18.2 Å². The molecule has 1 aromatic carbocycles. The predicted octanol–water partition coefficient (Wildman–Crippen LogP) is 4.33. The third-order valence-corrected chi connectivity index (χ3v) is 4.39. The van der Waals surface area contributed by atoms with Crippen LogP contribution in [0.1, 0.15) is 42.4 Å². The molecule has 0 saturated heterocycles. The van der Waals surface area contributed by atoms with Gasteiger partial charge in [0.15, 0.2) is 0 Å². The van der Waals surface area contributed by atoms with Gasteiger partial charge >= 0.3 is 6.18 Å². The van der Waals surface area contributed by atoms with Crippen LogP contribution in [0, 0.1) is 19.8 Å². The molecule has 1 fully saturated rings. The Labute approximate surface area is 117 Å². The fourth-order valence-electron chi connectivity index (χ4n) is 3.07. The van der Waals surface area contributed by atoms with Gasteiger partial charge in [0.05, 0.1) is 11.5 Å². The highest BCUT2D eigenvalue weighted by Gasteiger charge is 2.46. The van der Waals surface area contributed by atoms with Crippen LogP contribution >= 0.6 is 0 Å². The zero-order valence-electron chi connectivity index (χ0n) is 11.9. The molecule has 0 spiro atoms. The monoisotopic (exact) mass is 286 g/mol. The fraction of sp³-hybridized carbons (Fsp3) is 0.625. The molecule has 0 heterocycles. The Balaban J connectivity index is 2.12. The van der Waals surface area contributed by atoms with Gasteiger partial charge in [-0.2, -0.15) is 13.2 Å². The topological polar surface area (TPSA) is 20.2 Å². The molecule has 0 radical (unpaired) electrons. The molecule has 0 aliphatic heterocycles. The zero-order chi connectivity index (χ0) is 15.0. The van der Waals surface area contributed by atoms with Crippen LogP contribution in [0.4, 0.5) is 13.2 Å². The fourth-order valence-corrected chi connectivity index (χ4v) is 3.07. The van der Waals surface area contributed by atoms with E-state index in [1.54, 1.807) is 0 Å². The van der Waals surface area contributed by atoms with Crippen LogP contribution < -0.4 is 0 Å². The third-order valence-electron chi connectivity index (χ3n) is 4.39. The van der Waals surface area contributed by atoms with E-state index in [1.165, 1.54) is 0 Å². The van der Waals surface area contributed by atoms with E-state index in [-0.39, 0.29) is 12.8 Å². The molecule has 1 aliphatic rings. The van der Waals surface area contributed by atoms with E-state index in [0.717, 1.165) is 16.7 Å². The van der Waals surface area contributed by atoms with Gasteiger partial charge < -0.3 is 5.11 Å². The maximum atomic E-state index is 12.8. The van der Waals surface area contributed by atoms with E-state index in [4.69, 9.17) is 0 Å². The largest absolute Gasteiger partial charge is 0.391 e. The molecule has 20 heavy (non-hydrogen) atoms. The van der Waals surface area contributed by atoms with Crippen molar-refractivity contribution in [1.82, 2.24) is 0 Å². The Bertz CT molecular complexity index is 481. The molecule has 1 aromatic rings. The SMILES string of the molecule is Cc1ccc(CC2(O)CCCC(C(F)(F)F)C2)cc1C. The summed E-state index contributed by atoms with van der Waals surface area (Å²) in [7, 11) is 0. The summed E-state index contributed by atoms with van der Waals surface area (Å²) in [5.74, 6) is -1.37. The predicted molar refractivity (Wildman–Crippen MR) is 72.6 cm³/mol. The first kappa shape index (κ1) is 15.4. The number of aryl methyl sites for hydroxylation is 2. The van der Waals surface area contributed by atoms with Crippen LogP contribution in [-0.4, -0.2) is 16.9 Å². The molecule has 2 atom stereocenters. The number of hydrogen-bond donors (Lipinski definition) is 1. The first-order chi connectivity index (χ1) is 9.20. The van der Waals surface area contributed by atoms with Crippen molar-refractivity contribution in [2.75, 3.05) is 0 Å². The molecular formula is C16H21F3O. The number of halogens is 3. The van der Waals surface area contributed by atoms with E-state index in [2.05, 4.69) is 0 Å². The van der Waals surface area contributed by atoms with Gasteiger partial charge in [0.2, 0.25) is 0 Å². The Kier molecular flexibility index (Phi) is 4.14. The molecule has 4 heteroatoms. The summed E-state index contributed by atoms with van der Waals surface area (Å²) in [6.07, 6.45) is -3.04. The molecule has 112 valence electrons. The molecule has 2 unspecified atom stereocenters. The highest BCUT2D eigenvalue weighted by Crippen LogP contribution is 2.42. The van der Waals surface area contributed by atoms with Gasteiger partial charge in [0.1, 0.15) is 0 Å². The number of aliphatic hydroxyl groups is 1. The van der Waals surface area contributed by atoms with E-state index in [1.807, 2.05) is 32.0 Å². The van der Waals surface area contributed by atoms with Crippen molar-refractivity contribution in [2.45, 2.75) is 57.7 Å². The molecule has 2 rings (SSSR count). The van der Waals surface area contributed by atoms with Crippen LogP contribution in [0.15, 0.2) is 18.2 Å². The second-order valence-electron chi connectivity index (χ2n) is 6.15. The number of rotatable bonds is 2. The van der Waals surface area contributed by atoms with E-state index < -0.39 is 17.7 Å². The first-order valence-electron chi connectivity index (χ1n) is 7.05. The van der Waals surface area contributed by atoms with Gasteiger partial charge in [-0.05, 0) is 56.2 Å². The smallest absolute Gasteiger partial charge is 0.390 e. The first-order valence-corrected chi connectivity index (χ1v) is 7.05. The molecule has 1 N–H and O–H groups in total. The Morgan fingerprint density at radius 3 is 2.55 bits per heavy atom. The standard InChI is InChI=1S/C16H21F3O/c1-11-5-6-13(8-12(11)2)9-15(20)7-3-4-14(10-15)16(17,18)19/h5-6,8,14,20H,3-4,7,9-10H2,1-2H3. The van der Waals surface area contributed by atoms with Crippen LogP contribution in [0.5, 0.6) is 0 Å². The van der Waals surface area contributed by atoms with Crippen molar-refractivity contribution in [1.29, 1.82) is 0 Å². The minimum Gasteiger partial charge on any atom is -0.390 e. The van der Waals surface area contributed by atoms with Crippen molar-refractivity contribution in [3.05, 3.63) is 34.9 Å². The average Bonchev–Trinajstić information content (AvgIpc) is 2.32. The van der Waals surface area contributed by atoms with Gasteiger partial charge in [-0.15, -0.1) is 0 Å². The number of alkyl halides is 3. The van der Waals surface area contributed by atoms with Crippen LogP contribution in [-0.2, 0) is 6.42 Å². The second-order valence-corrected chi connectivity index (χ2v) is 6.15. The summed E-state index contributed by atoms with van der Waals surface area (Å²) in [6, 6.07) is 5.82. The maximum absolute atomic E-state index is 12.8. The highest BCUT2D eigenvalue weighted by atomic mass is 19.4. The lowest BCUT2D eigenvalue weighted by Gasteiger charge is -2.37. The van der Waals surface area contributed by atoms with Crippen molar-refractivity contribution in [3.63, 3.8) is 0 Å².